The van der Waals surface area contributed by atoms with Crippen LogP contribution in [0.5, 0.6) is 11.6 Å². The van der Waals surface area contributed by atoms with Gasteiger partial charge < -0.3 is 10.1 Å². The van der Waals surface area contributed by atoms with Crippen LogP contribution in [0.3, 0.4) is 0 Å². The molecule has 3 rings (SSSR count). The number of rotatable bonds is 6. The van der Waals surface area contributed by atoms with E-state index in [1.54, 1.807) is 29.1 Å². The molecule has 2 heterocycles. The number of benzene rings is 1. The largest absolute Gasteiger partial charge is 0.439 e. The van der Waals surface area contributed by atoms with Crippen molar-refractivity contribution in [1.29, 1.82) is 0 Å². The maximum Gasteiger partial charge on any atom is 0.219 e. The van der Waals surface area contributed by atoms with Crippen LogP contribution in [0.1, 0.15) is 11.1 Å². The van der Waals surface area contributed by atoms with Crippen molar-refractivity contribution in [3.63, 3.8) is 0 Å². The van der Waals surface area contributed by atoms with Crippen molar-refractivity contribution in [1.82, 2.24) is 20.1 Å². The highest BCUT2D eigenvalue weighted by molar-refractivity contribution is 5.28. The maximum atomic E-state index is 12.8. The average Bonchev–Trinajstić information content (AvgIpc) is 2.97. The molecule has 2 aromatic heterocycles. The van der Waals surface area contributed by atoms with E-state index < -0.39 is 0 Å². The zero-order valence-electron chi connectivity index (χ0n) is 12.7. The smallest absolute Gasteiger partial charge is 0.219 e. The Kier molecular flexibility index (Phi) is 4.63. The Morgan fingerprint density at radius 1 is 1.04 bits per heavy atom. The zero-order valence-corrected chi connectivity index (χ0v) is 12.7. The summed E-state index contributed by atoms with van der Waals surface area (Å²) in [5.74, 6) is 0.745. The number of hydrogen-bond acceptors (Lipinski definition) is 4. The van der Waals surface area contributed by atoms with Gasteiger partial charge in [0.25, 0.3) is 0 Å². The molecule has 0 fully saturated rings. The molecular weight excluding hydrogens is 295 g/mol. The number of ether oxygens (including phenoxy) is 1. The number of pyridine rings is 1. The van der Waals surface area contributed by atoms with Crippen molar-refractivity contribution in [3.05, 3.63) is 71.9 Å². The first-order valence-electron chi connectivity index (χ1n) is 7.25. The summed E-state index contributed by atoms with van der Waals surface area (Å²) in [6, 6.07) is 9.59. The summed E-state index contributed by atoms with van der Waals surface area (Å²) in [4.78, 5) is 4.25. The van der Waals surface area contributed by atoms with Crippen LogP contribution in [-0.2, 0) is 20.1 Å². The first-order valence-corrected chi connectivity index (χ1v) is 7.25. The molecule has 0 radical (unpaired) electrons. The Labute approximate surface area is 133 Å². The second kappa shape index (κ2) is 7.02. The average molecular weight is 312 g/mol. The number of hydrogen-bond donors (Lipinski definition) is 1. The molecule has 0 unspecified atom stereocenters. The van der Waals surface area contributed by atoms with Gasteiger partial charge in [-0.05, 0) is 29.8 Å². The predicted octanol–water partition coefficient (Wildman–Crippen LogP) is 3.04. The molecule has 6 heteroatoms. The van der Waals surface area contributed by atoms with E-state index in [4.69, 9.17) is 4.74 Å². The highest BCUT2D eigenvalue weighted by atomic mass is 19.1. The molecule has 5 nitrogen and oxygen atoms in total. The van der Waals surface area contributed by atoms with Crippen LogP contribution in [0.2, 0.25) is 0 Å². The van der Waals surface area contributed by atoms with E-state index >= 15 is 0 Å². The summed E-state index contributed by atoms with van der Waals surface area (Å²) in [6.07, 6.45) is 5.57. The van der Waals surface area contributed by atoms with Crippen LogP contribution in [-0.4, -0.2) is 14.8 Å². The molecule has 0 saturated heterocycles. The van der Waals surface area contributed by atoms with Crippen LogP contribution >= 0.6 is 0 Å². The molecule has 1 N–H and O–H groups in total. The van der Waals surface area contributed by atoms with Gasteiger partial charge in [-0.2, -0.15) is 5.10 Å². The molecule has 0 spiro atoms. The topological polar surface area (TPSA) is 52.0 Å². The summed E-state index contributed by atoms with van der Waals surface area (Å²) in [7, 11) is 1.90. The molecule has 0 aliphatic rings. The van der Waals surface area contributed by atoms with Crippen LogP contribution in [0.25, 0.3) is 0 Å². The number of aryl methyl sites for hydroxylation is 1. The lowest BCUT2D eigenvalue weighted by Crippen LogP contribution is -2.12. The SMILES string of the molecule is Cn1cc(CNCc2ccc(Oc3ccc(F)cc3)nc2)cn1. The van der Waals surface area contributed by atoms with Crippen molar-refractivity contribution in [2.45, 2.75) is 13.1 Å². The summed E-state index contributed by atoms with van der Waals surface area (Å²) < 4.78 is 20.2. The lowest BCUT2D eigenvalue weighted by Gasteiger charge is -2.06. The van der Waals surface area contributed by atoms with Gasteiger partial charge in [0, 0.05) is 44.2 Å². The van der Waals surface area contributed by atoms with Gasteiger partial charge in [0.1, 0.15) is 11.6 Å². The molecule has 0 aliphatic carbocycles. The highest BCUT2D eigenvalue weighted by Crippen LogP contribution is 2.19. The van der Waals surface area contributed by atoms with Gasteiger partial charge in [0.15, 0.2) is 0 Å². The third-order valence-electron chi connectivity index (χ3n) is 3.25. The van der Waals surface area contributed by atoms with Crippen LogP contribution in [0.15, 0.2) is 55.0 Å². The normalized spacial score (nSPS) is 10.7. The molecule has 1 aromatic carbocycles. The van der Waals surface area contributed by atoms with Crippen LogP contribution < -0.4 is 10.1 Å². The van der Waals surface area contributed by atoms with E-state index in [2.05, 4.69) is 15.4 Å². The van der Waals surface area contributed by atoms with Gasteiger partial charge in [-0.3, -0.25) is 4.68 Å². The highest BCUT2D eigenvalue weighted by Gasteiger charge is 2.01. The quantitative estimate of drug-likeness (QED) is 0.760. The Balaban J connectivity index is 1.51. The van der Waals surface area contributed by atoms with E-state index in [1.807, 2.05) is 25.5 Å². The minimum atomic E-state index is -0.291. The lowest BCUT2D eigenvalue weighted by molar-refractivity contribution is 0.460. The summed E-state index contributed by atoms with van der Waals surface area (Å²) in [6.45, 7) is 1.46. The second-order valence-electron chi connectivity index (χ2n) is 5.19. The standard InChI is InChI=1S/C17H17FN4O/c1-22-12-14(11-21-22)9-19-8-13-2-7-17(20-10-13)23-16-5-3-15(18)4-6-16/h2-7,10-12,19H,8-9H2,1H3. The summed E-state index contributed by atoms with van der Waals surface area (Å²) >= 11 is 0. The van der Waals surface area contributed by atoms with Crippen molar-refractivity contribution in [2.24, 2.45) is 7.05 Å². The van der Waals surface area contributed by atoms with Crippen LogP contribution in [0.4, 0.5) is 4.39 Å². The molecule has 0 aliphatic heterocycles. The Hall–Kier alpha value is -2.73. The first kappa shape index (κ1) is 15.2. The molecule has 0 bridgehead atoms. The van der Waals surface area contributed by atoms with E-state index in [9.17, 15) is 4.39 Å². The third-order valence-corrected chi connectivity index (χ3v) is 3.25. The van der Waals surface area contributed by atoms with Gasteiger partial charge in [-0.1, -0.05) is 6.07 Å². The minimum absolute atomic E-state index is 0.291. The molecule has 0 atom stereocenters. The Morgan fingerprint density at radius 3 is 2.48 bits per heavy atom. The van der Waals surface area contributed by atoms with E-state index in [1.165, 1.54) is 12.1 Å². The summed E-state index contributed by atoms with van der Waals surface area (Å²) in [5, 5.41) is 7.45. The minimum Gasteiger partial charge on any atom is -0.439 e. The predicted molar refractivity (Wildman–Crippen MR) is 84.5 cm³/mol. The van der Waals surface area contributed by atoms with Crippen molar-refractivity contribution >= 4 is 0 Å². The molecule has 23 heavy (non-hydrogen) atoms. The van der Waals surface area contributed by atoms with Crippen molar-refractivity contribution in [2.75, 3.05) is 0 Å². The number of halogens is 1. The first-order chi connectivity index (χ1) is 11.2. The van der Waals surface area contributed by atoms with Crippen LogP contribution in [0, 0.1) is 5.82 Å². The van der Waals surface area contributed by atoms with E-state index in [0.29, 0.717) is 18.2 Å². The second-order valence-corrected chi connectivity index (χ2v) is 5.19. The summed E-state index contributed by atoms with van der Waals surface area (Å²) in [5.41, 5.74) is 2.19. The molecule has 118 valence electrons. The van der Waals surface area contributed by atoms with Crippen molar-refractivity contribution in [3.8, 4) is 11.6 Å². The molecular formula is C17H17FN4O. The fourth-order valence-electron chi connectivity index (χ4n) is 2.11. The molecule has 0 saturated carbocycles. The van der Waals surface area contributed by atoms with Crippen molar-refractivity contribution < 1.29 is 9.13 Å². The zero-order chi connectivity index (χ0) is 16.1. The van der Waals surface area contributed by atoms with Gasteiger partial charge >= 0.3 is 0 Å². The number of nitrogens with zero attached hydrogens (tertiary/aromatic N) is 3. The third kappa shape index (κ3) is 4.37. The fourth-order valence-corrected chi connectivity index (χ4v) is 2.11. The number of aromatic nitrogens is 3. The van der Waals surface area contributed by atoms with E-state index in [-0.39, 0.29) is 5.82 Å². The molecule has 0 amide bonds. The van der Waals surface area contributed by atoms with Gasteiger partial charge in [-0.25, -0.2) is 9.37 Å². The Morgan fingerprint density at radius 2 is 1.83 bits per heavy atom. The van der Waals surface area contributed by atoms with Gasteiger partial charge in [-0.15, -0.1) is 0 Å². The van der Waals surface area contributed by atoms with Gasteiger partial charge in [0.05, 0.1) is 6.20 Å². The number of nitrogens with one attached hydrogen (secondary N) is 1. The van der Waals surface area contributed by atoms with Gasteiger partial charge in [0.2, 0.25) is 5.88 Å². The van der Waals surface area contributed by atoms with E-state index in [0.717, 1.165) is 17.7 Å². The Bertz CT molecular complexity index is 753. The molecule has 3 aromatic rings. The monoisotopic (exact) mass is 312 g/mol. The maximum absolute atomic E-state index is 12.8. The lowest BCUT2D eigenvalue weighted by atomic mass is 10.2. The fraction of sp³-hybridized carbons (Fsp3) is 0.176.